The Morgan fingerprint density at radius 1 is 1.44 bits per heavy atom. The lowest BCUT2D eigenvalue weighted by molar-refractivity contribution is -0.126. The van der Waals surface area contributed by atoms with Gasteiger partial charge in [0.2, 0.25) is 0 Å². The molecule has 0 aliphatic rings. The summed E-state index contributed by atoms with van der Waals surface area (Å²) in [6.45, 7) is 7.72. The van der Waals surface area contributed by atoms with E-state index >= 15 is 0 Å². The summed E-state index contributed by atoms with van der Waals surface area (Å²) in [7, 11) is 2.07. The van der Waals surface area contributed by atoms with Crippen molar-refractivity contribution in [2.75, 3.05) is 13.6 Å². The van der Waals surface area contributed by atoms with Gasteiger partial charge >= 0.3 is 0 Å². The van der Waals surface area contributed by atoms with Crippen molar-refractivity contribution < 1.29 is 4.79 Å². The van der Waals surface area contributed by atoms with Gasteiger partial charge in [0.25, 0.3) is 0 Å². The molecule has 0 bridgehead atoms. The first-order valence-corrected chi connectivity index (χ1v) is 6.52. The van der Waals surface area contributed by atoms with Gasteiger partial charge in [0.05, 0.1) is 0 Å². The summed E-state index contributed by atoms with van der Waals surface area (Å²) in [6, 6.07) is 4.20. The predicted octanol–water partition coefficient (Wildman–Crippen LogP) is 3.19. The van der Waals surface area contributed by atoms with Crippen LogP contribution in [-0.4, -0.2) is 24.3 Å². The largest absolute Gasteiger partial charge is 0.301 e. The van der Waals surface area contributed by atoms with Crippen LogP contribution < -0.4 is 0 Å². The van der Waals surface area contributed by atoms with E-state index in [-0.39, 0.29) is 5.41 Å². The van der Waals surface area contributed by atoms with Gasteiger partial charge in [0.1, 0.15) is 5.78 Å². The molecule has 2 nitrogen and oxygen atoms in total. The number of ketones is 1. The molecule has 0 saturated carbocycles. The topological polar surface area (TPSA) is 20.3 Å². The third kappa shape index (κ3) is 4.45. The van der Waals surface area contributed by atoms with E-state index in [0.29, 0.717) is 12.2 Å². The third-order valence-corrected chi connectivity index (χ3v) is 3.42. The molecule has 0 spiro atoms. The van der Waals surface area contributed by atoms with Crippen LogP contribution in [0.15, 0.2) is 17.5 Å². The van der Waals surface area contributed by atoms with E-state index < -0.39 is 0 Å². The highest BCUT2D eigenvalue weighted by Gasteiger charge is 2.20. The number of rotatable bonds is 5. The van der Waals surface area contributed by atoms with Crippen LogP contribution in [0.1, 0.15) is 32.1 Å². The smallest absolute Gasteiger partial charge is 0.139 e. The van der Waals surface area contributed by atoms with Crippen LogP contribution >= 0.6 is 11.3 Å². The van der Waals surface area contributed by atoms with Crippen LogP contribution in [0.3, 0.4) is 0 Å². The zero-order chi connectivity index (χ0) is 12.2. The van der Waals surface area contributed by atoms with Crippen molar-refractivity contribution in [1.82, 2.24) is 4.90 Å². The van der Waals surface area contributed by atoms with Crippen LogP contribution in [0.25, 0.3) is 0 Å². The van der Waals surface area contributed by atoms with Gasteiger partial charge in [-0.3, -0.25) is 4.79 Å². The molecule has 0 radical (unpaired) electrons. The average Bonchev–Trinajstić information content (AvgIpc) is 2.65. The Morgan fingerprint density at radius 2 is 2.12 bits per heavy atom. The molecular weight excluding hydrogens is 218 g/mol. The Morgan fingerprint density at radius 3 is 2.62 bits per heavy atom. The van der Waals surface area contributed by atoms with Crippen LogP contribution in [0, 0.1) is 5.41 Å². The van der Waals surface area contributed by atoms with E-state index in [0.717, 1.165) is 13.1 Å². The normalized spacial score (nSPS) is 12.1. The summed E-state index contributed by atoms with van der Waals surface area (Å²) in [5.74, 6) is 0.338. The average molecular weight is 239 g/mol. The maximum absolute atomic E-state index is 11.7. The zero-order valence-electron chi connectivity index (χ0n) is 10.6. The molecule has 16 heavy (non-hydrogen) atoms. The highest BCUT2D eigenvalue weighted by Crippen LogP contribution is 2.17. The molecule has 0 saturated heterocycles. The quantitative estimate of drug-likeness (QED) is 0.786. The second-order valence-corrected chi connectivity index (χ2v) is 6.27. The van der Waals surface area contributed by atoms with E-state index in [2.05, 4.69) is 29.5 Å². The van der Waals surface area contributed by atoms with Gasteiger partial charge in [-0.2, -0.15) is 0 Å². The van der Waals surface area contributed by atoms with Crippen molar-refractivity contribution in [1.29, 1.82) is 0 Å². The van der Waals surface area contributed by atoms with E-state index in [1.165, 1.54) is 4.88 Å². The number of hydrogen-bond acceptors (Lipinski definition) is 3. The first-order valence-electron chi connectivity index (χ1n) is 5.64. The molecule has 1 aromatic rings. The summed E-state index contributed by atoms with van der Waals surface area (Å²) in [6.07, 6.45) is 0.644. The van der Waals surface area contributed by atoms with Crippen LogP contribution in [0.5, 0.6) is 0 Å². The molecule has 0 N–H and O–H groups in total. The van der Waals surface area contributed by atoms with E-state index in [9.17, 15) is 4.79 Å². The molecule has 0 amide bonds. The van der Waals surface area contributed by atoms with Gasteiger partial charge in [-0.15, -0.1) is 11.3 Å². The Labute approximate surface area is 102 Å². The summed E-state index contributed by atoms with van der Waals surface area (Å²) in [4.78, 5) is 15.3. The number of hydrogen-bond donors (Lipinski definition) is 0. The Hall–Kier alpha value is -0.670. The minimum absolute atomic E-state index is 0.205. The van der Waals surface area contributed by atoms with Gasteiger partial charge in [0, 0.05) is 29.8 Å². The summed E-state index contributed by atoms with van der Waals surface area (Å²) < 4.78 is 0. The molecular formula is C13H21NOS. The van der Waals surface area contributed by atoms with E-state index in [1.807, 2.05) is 20.8 Å². The SMILES string of the molecule is CN(CCC(=O)C(C)(C)C)Cc1cccs1. The lowest BCUT2D eigenvalue weighted by Gasteiger charge is -2.20. The monoisotopic (exact) mass is 239 g/mol. The second kappa shape index (κ2) is 5.60. The number of Topliss-reactive ketones (excluding diaryl/α,β-unsaturated/α-hetero) is 1. The standard InChI is InChI=1S/C13H21NOS/c1-13(2,3)12(15)7-8-14(4)10-11-6-5-9-16-11/h5-6,9H,7-8,10H2,1-4H3. The van der Waals surface area contributed by atoms with Crippen LogP contribution in [0.2, 0.25) is 0 Å². The molecule has 3 heteroatoms. The Balaban J connectivity index is 2.31. The highest BCUT2D eigenvalue weighted by molar-refractivity contribution is 7.09. The van der Waals surface area contributed by atoms with Crippen molar-refractivity contribution in [3.8, 4) is 0 Å². The maximum Gasteiger partial charge on any atom is 0.139 e. The van der Waals surface area contributed by atoms with Crippen molar-refractivity contribution in [3.63, 3.8) is 0 Å². The van der Waals surface area contributed by atoms with Gasteiger partial charge in [-0.1, -0.05) is 26.8 Å². The Bertz CT molecular complexity index is 324. The molecule has 1 rings (SSSR count). The first kappa shape index (κ1) is 13.4. The third-order valence-electron chi connectivity index (χ3n) is 2.56. The number of carbonyl (C=O) groups is 1. The first-order chi connectivity index (χ1) is 7.39. The molecule has 0 aliphatic heterocycles. The van der Waals surface area contributed by atoms with Gasteiger partial charge < -0.3 is 4.90 Å². The highest BCUT2D eigenvalue weighted by atomic mass is 32.1. The van der Waals surface area contributed by atoms with Gasteiger partial charge in [-0.25, -0.2) is 0 Å². The maximum atomic E-state index is 11.7. The van der Waals surface area contributed by atoms with Gasteiger partial charge in [0.15, 0.2) is 0 Å². The number of nitrogens with zero attached hydrogens (tertiary/aromatic N) is 1. The van der Waals surface area contributed by atoms with E-state index in [1.54, 1.807) is 11.3 Å². The molecule has 0 aliphatic carbocycles. The lowest BCUT2D eigenvalue weighted by Crippen LogP contribution is -2.26. The minimum Gasteiger partial charge on any atom is -0.301 e. The lowest BCUT2D eigenvalue weighted by atomic mass is 9.89. The molecule has 90 valence electrons. The van der Waals surface area contributed by atoms with Crippen molar-refractivity contribution in [2.45, 2.75) is 33.7 Å². The second-order valence-electron chi connectivity index (χ2n) is 5.24. The zero-order valence-corrected chi connectivity index (χ0v) is 11.4. The summed E-state index contributed by atoms with van der Waals surface area (Å²) >= 11 is 1.76. The molecule has 0 unspecified atom stereocenters. The molecule has 1 aromatic heterocycles. The molecule has 1 heterocycles. The predicted molar refractivity (Wildman–Crippen MR) is 69.7 cm³/mol. The Kier molecular flexibility index (Phi) is 4.69. The van der Waals surface area contributed by atoms with Crippen molar-refractivity contribution >= 4 is 17.1 Å². The minimum atomic E-state index is -0.205. The number of carbonyl (C=O) groups excluding carboxylic acids is 1. The van der Waals surface area contributed by atoms with Crippen molar-refractivity contribution in [3.05, 3.63) is 22.4 Å². The summed E-state index contributed by atoms with van der Waals surface area (Å²) in [5.41, 5.74) is -0.205. The van der Waals surface area contributed by atoms with Gasteiger partial charge in [-0.05, 0) is 18.5 Å². The summed E-state index contributed by atoms with van der Waals surface area (Å²) in [5, 5.41) is 2.09. The molecule has 0 atom stereocenters. The fraction of sp³-hybridized carbons (Fsp3) is 0.615. The molecule has 0 aromatic carbocycles. The van der Waals surface area contributed by atoms with E-state index in [4.69, 9.17) is 0 Å². The fourth-order valence-corrected chi connectivity index (χ4v) is 2.20. The van der Waals surface area contributed by atoms with Crippen molar-refractivity contribution in [2.24, 2.45) is 5.41 Å². The fourth-order valence-electron chi connectivity index (χ4n) is 1.42. The van der Waals surface area contributed by atoms with Crippen LogP contribution in [-0.2, 0) is 11.3 Å². The van der Waals surface area contributed by atoms with Crippen LogP contribution in [0.4, 0.5) is 0 Å². The number of thiophene rings is 1. The molecule has 0 fully saturated rings.